The van der Waals surface area contributed by atoms with Crippen molar-refractivity contribution in [1.82, 2.24) is 0 Å². The molecule has 0 aromatic heterocycles. The van der Waals surface area contributed by atoms with Gasteiger partial charge in [0.25, 0.3) is 0 Å². The van der Waals surface area contributed by atoms with E-state index in [2.05, 4.69) is 32.1 Å². The molecule has 0 aromatic carbocycles. The lowest BCUT2D eigenvalue weighted by Crippen LogP contribution is -2.15. The van der Waals surface area contributed by atoms with Crippen LogP contribution in [0.4, 0.5) is 9.59 Å². The van der Waals surface area contributed by atoms with E-state index in [9.17, 15) is 9.59 Å². The fourth-order valence-electron chi connectivity index (χ4n) is 0.807. The van der Waals surface area contributed by atoms with Crippen LogP contribution in [0.5, 0.6) is 0 Å². The summed E-state index contributed by atoms with van der Waals surface area (Å²) in [7, 11) is 0. The van der Waals surface area contributed by atoms with E-state index in [-0.39, 0.29) is 39.6 Å². The summed E-state index contributed by atoms with van der Waals surface area (Å²) in [6, 6.07) is 0. The number of rotatable bonds is 10. The highest BCUT2D eigenvalue weighted by Crippen LogP contribution is 1.88. The van der Waals surface area contributed by atoms with Crippen molar-refractivity contribution in [3.8, 4) is 0 Å². The summed E-state index contributed by atoms with van der Waals surface area (Å²) >= 11 is 0. The van der Waals surface area contributed by atoms with Gasteiger partial charge in [-0.05, 0) is 0 Å². The molecular weight excluding hydrogens is 256 g/mol. The molecule has 7 nitrogen and oxygen atoms in total. The first-order chi connectivity index (χ1) is 9.20. The van der Waals surface area contributed by atoms with Crippen molar-refractivity contribution in [3.63, 3.8) is 0 Å². The molecule has 0 aliphatic rings. The van der Waals surface area contributed by atoms with Crippen LogP contribution in [0.2, 0.25) is 0 Å². The van der Waals surface area contributed by atoms with Crippen LogP contribution in [-0.4, -0.2) is 52.0 Å². The second kappa shape index (κ2) is 12.4. The summed E-state index contributed by atoms with van der Waals surface area (Å²) in [5, 5.41) is 0. The normalized spacial score (nSPS) is 9.26. The molecule has 0 N–H and O–H groups in total. The Bertz CT molecular complexity index is 260. The van der Waals surface area contributed by atoms with Crippen molar-refractivity contribution in [2.75, 3.05) is 39.6 Å². The number of hydrogen-bond acceptors (Lipinski definition) is 7. The van der Waals surface area contributed by atoms with Crippen molar-refractivity contribution >= 4 is 12.3 Å². The van der Waals surface area contributed by atoms with Crippen LogP contribution >= 0.6 is 0 Å². The van der Waals surface area contributed by atoms with E-state index in [1.807, 2.05) is 0 Å². The van der Waals surface area contributed by atoms with E-state index >= 15 is 0 Å². The van der Waals surface area contributed by atoms with Gasteiger partial charge in [-0.3, -0.25) is 0 Å². The number of ether oxygens (including phenoxy) is 5. The molecule has 0 aliphatic heterocycles. The van der Waals surface area contributed by atoms with E-state index < -0.39 is 12.3 Å². The molecule has 0 radical (unpaired) electrons. The van der Waals surface area contributed by atoms with Gasteiger partial charge in [0, 0.05) is 0 Å². The van der Waals surface area contributed by atoms with Gasteiger partial charge in [0.05, 0.1) is 13.2 Å². The summed E-state index contributed by atoms with van der Waals surface area (Å²) in [6.07, 6.45) is 1.29. The molecule has 0 aromatic rings. The zero-order valence-corrected chi connectivity index (χ0v) is 10.7. The smallest absolute Gasteiger partial charge is 0.432 e. The minimum absolute atomic E-state index is 0.0525. The highest BCUT2D eigenvalue weighted by atomic mass is 16.7. The molecule has 0 amide bonds. The Morgan fingerprint density at radius 1 is 0.737 bits per heavy atom. The minimum Gasteiger partial charge on any atom is -0.432 e. The molecule has 0 atom stereocenters. The van der Waals surface area contributed by atoms with Crippen LogP contribution in [-0.2, 0) is 23.7 Å². The van der Waals surface area contributed by atoms with Crippen molar-refractivity contribution in [3.05, 3.63) is 25.3 Å². The fraction of sp³-hybridized carbons (Fsp3) is 0.500. The zero-order valence-electron chi connectivity index (χ0n) is 10.7. The van der Waals surface area contributed by atoms with Gasteiger partial charge in [-0.25, -0.2) is 9.59 Å². The number of hydrogen-bond donors (Lipinski definition) is 0. The van der Waals surface area contributed by atoms with Crippen LogP contribution in [0.25, 0.3) is 0 Å². The van der Waals surface area contributed by atoms with E-state index in [1.54, 1.807) is 0 Å². The van der Waals surface area contributed by atoms with Crippen molar-refractivity contribution < 1.29 is 33.3 Å². The molecule has 0 rings (SSSR count). The van der Waals surface area contributed by atoms with Crippen molar-refractivity contribution in [1.29, 1.82) is 0 Å². The van der Waals surface area contributed by atoms with Crippen molar-refractivity contribution in [2.45, 2.75) is 0 Å². The average molecular weight is 274 g/mol. The third-order valence-corrected chi connectivity index (χ3v) is 1.53. The van der Waals surface area contributed by atoms with Gasteiger partial charge in [0.15, 0.2) is 0 Å². The lowest BCUT2D eigenvalue weighted by Gasteiger charge is -2.06. The minimum atomic E-state index is -0.784. The molecule has 19 heavy (non-hydrogen) atoms. The van der Waals surface area contributed by atoms with Crippen LogP contribution in [0, 0.1) is 0 Å². The van der Waals surface area contributed by atoms with E-state index in [4.69, 9.17) is 4.74 Å². The SMILES string of the molecule is C=CCOC(=O)OCCOCCOC(=O)OCC=C. The number of carbonyl (C=O) groups excluding carboxylic acids is 2. The third kappa shape index (κ3) is 12.2. The maximum Gasteiger partial charge on any atom is 0.508 e. The monoisotopic (exact) mass is 274 g/mol. The molecule has 108 valence electrons. The average Bonchev–Trinajstić information content (AvgIpc) is 2.41. The first kappa shape index (κ1) is 17.0. The van der Waals surface area contributed by atoms with Gasteiger partial charge in [-0.1, -0.05) is 25.3 Å². The highest BCUT2D eigenvalue weighted by Gasteiger charge is 2.03. The van der Waals surface area contributed by atoms with Gasteiger partial charge in [0.2, 0.25) is 0 Å². The lowest BCUT2D eigenvalue weighted by atomic mass is 10.7. The first-order valence-electron chi connectivity index (χ1n) is 5.59. The van der Waals surface area contributed by atoms with Gasteiger partial charge >= 0.3 is 12.3 Å². The van der Waals surface area contributed by atoms with E-state index in [1.165, 1.54) is 12.2 Å². The Labute approximate surface area is 111 Å². The summed E-state index contributed by atoms with van der Waals surface area (Å²) in [6.45, 7) is 7.41. The molecule has 0 bridgehead atoms. The third-order valence-electron chi connectivity index (χ3n) is 1.53. The van der Waals surface area contributed by atoms with E-state index in [0.717, 1.165) is 0 Å². The summed E-state index contributed by atoms with van der Waals surface area (Å²) in [5.74, 6) is 0. The van der Waals surface area contributed by atoms with Gasteiger partial charge in [-0.2, -0.15) is 0 Å². The summed E-state index contributed by atoms with van der Waals surface area (Å²) < 4.78 is 23.5. The van der Waals surface area contributed by atoms with Crippen molar-refractivity contribution in [2.24, 2.45) is 0 Å². The largest absolute Gasteiger partial charge is 0.508 e. The Hall–Kier alpha value is -2.02. The molecule has 7 heteroatoms. The Balaban J connectivity index is 3.26. The standard InChI is InChI=1S/C12H18O7/c1-3-5-16-11(13)18-9-7-15-8-10-19-12(14)17-6-4-2/h3-4H,1-2,5-10H2. The fourth-order valence-corrected chi connectivity index (χ4v) is 0.807. The maximum atomic E-state index is 10.8. The topological polar surface area (TPSA) is 80.3 Å². The predicted octanol–water partition coefficient (Wildman–Crippen LogP) is 1.68. The number of carbonyl (C=O) groups is 2. The molecule has 0 unspecified atom stereocenters. The Kier molecular flexibility index (Phi) is 11.1. The molecule has 0 saturated carbocycles. The Morgan fingerprint density at radius 3 is 1.53 bits per heavy atom. The quantitative estimate of drug-likeness (QED) is 0.340. The molecule has 0 heterocycles. The van der Waals surface area contributed by atoms with Crippen LogP contribution in [0.3, 0.4) is 0 Å². The highest BCUT2D eigenvalue weighted by molar-refractivity contribution is 5.60. The maximum absolute atomic E-state index is 10.8. The van der Waals surface area contributed by atoms with Gasteiger partial charge in [0.1, 0.15) is 26.4 Å². The second-order valence-corrected chi connectivity index (χ2v) is 3.01. The van der Waals surface area contributed by atoms with Gasteiger partial charge < -0.3 is 23.7 Å². The lowest BCUT2D eigenvalue weighted by molar-refractivity contribution is 0.0100. The Morgan fingerprint density at radius 2 is 1.16 bits per heavy atom. The van der Waals surface area contributed by atoms with E-state index in [0.29, 0.717) is 0 Å². The second-order valence-electron chi connectivity index (χ2n) is 3.01. The summed E-state index contributed by atoms with van der Waals surface area (Å²) in [5.41, 5.74) is 0. The predicted molar refractivity (Wildman–Crippen MR) is 65.8 cm³/mol. The molecule has 0 aliphatic carbocycles. The zero-order chi connectivity index (χ0) is 14.3. The molecule has 0 saturated heterocycles. The van der Waals surface area contributed by atoms with Crippen LogP contribution in [0.15, 0.2) is 25.3 Å². The van der Waals surface area contributed by atoms with Crippen LogP contribution in [0.1, 0.15) is 0 Å². The van der Waals surface area contributed by atoms with Crippen LogP contribution < -0.4 is 0 Å². The first-order valence-corrected chi connectivity index (χ1v) is 5.59. The molecular formula is C12H18O7. The summed E-state index contributed by atoms with van der Waals surface area (Å²) in [4.78, 5) is 21.7. The molecule has 0 spiro atoms. The molecule has 0 fully saturated rings. The van der Waals surface area contributed by atoms with Gasteiger partial charge in [-0.15, -0.1) is 0 Å².